The van der Waals surface area contributed by atoms with Crippen molar-refractivity contribution in [3.8, 4) is 0 Å². The van der Waals surface area contributed by atoms with Crippen LogP contribution in [-0.2, 0) is 11.3 Å². The first-order chi connectivity index (χ1) is 8.16. The Morgan fingerprint density at radius 3 is 2.82 bits per heavy atom. The molecule has 1 aromatic carbocycles. The van der Waals surface area contributed by atoms with Gasteiger partial charge >= 0.3 is 0 Å². The molecule has 1 N–H and O–H groups in total. The van der Waals surface area contributed by atoms with E-state index in [1.54, 1.807) is 0 Å². The summed E-state index contributed by atoms with van der Waals surface area (Å²) in [6, 6.07) is 2.62. The summed E-state index contributed by atoms with van der Waals surface area (Å²) in [4.78, 5) is 0. The molecule has 1 aromatic rings. The molecule has 0 unspecified atom stereocenters. The SMILES string of the molecule is CCOCCCNCc1c(F)ccc(Br)c1F. The van der Waals surface area contributed by atoms with Crippen molar-refractivity contribution in [1.29, 1.82) is 0 Å². The third-order valence-corrected chi connectivity index (χ3v) is 2.90. The number of rotatable bonds is 7. The molecule has 17 heavy (non-hydrogen) atoms. The molecule has 0 spiro atoms. The standard InChI is InChI=1S/C12H16BrF2NO/c1-2-17-7-3-6-16-8-9-11(14)5-4-10(13)12(9)15/h4-5,16H,2-3,6-8H2,1H3. The van der Waals surface area contributed by atoms with E-state index in [9.17, 15) is 8.78 Å². The summed E-state index contributed by atoms with van der Waals surface area (Å²) in [6.45, 7) is 4.14. The quantitative estimate of drug-likeness (QED) is 0.617. The molecule has 0 heterocycles. The Morgan fingerprint density at radius 1 is 1.35 bits per heavy atom. The van der Waals surface area contributed by atoms with Gasteiger partial charge in [0, 0.05) is 25.3 Å². The first-order valence-corrected chi connectivity index (χ1v) is 6.37. The van der Waals surface area contributed by atoms with Crippen LogP contribution in [0.2, 0.25) is 0 Å². The zero-order chi connectivity index (χ0) is 12.7. The van der Waals surface area contributed by atoms with Crippen molar-refractivity contribution in [3.05, 3.63) is 33.8 Å². The molecule has 0 radical (unpaired) electrons. The molecule has 0 saturated carbocycles. The average molecular weight is 308 g/mol. The lowest BCUT2D eigenvalue weighted by Crippen LogP contribution is -2.18. The number of benzene rings is 1. The van der Waals surface area contributed by atoms with Gasteiger partial charge in [-0.1, -0.05) is 0 Å². The van der Waals surface area contributed by atoms with Gasteiger partial charge in [-0.2, -0.15) is 0 Å². The van der Waals surface area contributed by atoms with Crippen molar-refractivity contribution in [2.75, 3.05) is 19.8 Å². The Balaban J connectivity index is 2.39. The van der Waals surface area contributed by atoms with E-state index in [-0.39, 0.29) is 16.6 Å². The average Bonchev–Trinajstić information content (AvgIpc) is 2.32. The highest BCUT2D eigenvalue weighted by Crippen LogP contribution is 2.21. The van der Waals surface area contributed by atoms with Crippen LogP contribution in [0.1, 0.15) is 18.9 Å². The largest absolute Gasteiger partial charge is 0.382 e. The van der Waals surface area contributed by atoms with Gasteiger partial charge in [-0.05, 0) is 48.0 Å². The van der Waals surface area contributed by atoms with Gasteiger partial charge in [0.15, 0.2) is 0 Å². The second-order valence-electron chi connectivity index (χ2n) is 3.55. The Hall–Kier alpha value is -0.520. The summed E-state index contributed by atoms with van der Waals surface area (Å²) in [5, 5.41) is 2.99. The van der Waals surface area contributed by atoms with Gasteiger partial charge in [-0.3, -0.25) is 0 Å². The van der Waals surface area contributed by atoms with Crippen LogP contribution in [0.4, 0.5) is 8.78 Å². The molecule has 0 aliphatic heterocycles. The predicted octanol–water partition coefficient (Wildman–Crippen LogP) is 3.24. The summed E-state index contributed by atoms with van der Waals surface area (Å²) in [7, 11) is 0. The normalized spacial score (nSPS) is 10.8. The summed E-state index contributed by atoms with van der Waals surface area (Å²) in [5.74, 6) is -1.06. The molecule has 2 nitrogen and oxygen atoms in total. The first-order valence-electron chi connectivity index (χ1n) is 5.57. The summed E-state index contributed by atoms with van der Waals surface area (Å²) >= 11 is 3.03. The zero-order valence-corrected chi connectivity index (χ0v) is 11.3. The van der Waals surface area contributed by atoms with Crippen LogP contribution in [0.15, 0.2) is 16.6 Å². The number of hydrogen-bond acceptors (Lipinski definition) is 2. The van der Waals surface area contributed by atoms with Crippen LogP contribution in [-0.4, -0.2) is 19.8 Å². The molecule has 0 fully saturated rings. The number of halogens is 3. The molecule has 0 aromatic heterocycles. The lowest BCUT2D eigenvalue weighted by atomic mass is 10.2. The molecule has 0 amide bonds. The summed E-state index contributed by atoms with van der Waals surface area (Å²) in [5.41, 5.74) is 0.0655. The van der Waals surface area contributed by atoms with E-state index in [2.05, 4.69) is 21.2 Å². The fraction of sp³-hybridized carbons (Fsp3) is 0.500. The van der Waals surface area contributed by atoms with Gasteiger partial charge in [0.1, 0.15) is 11.6 Å². The maximum Gasteiger partial charge on any atom is 0.144 e. The van der Waals surface area contributed by atoms with Crippen molar-refractivity contribution in [1.82, 2.24) is 5.32 Å². The zero-order valence-electron chi connectivity index (χ0n) is 9.73. The van der Waals surface area contributed by atoms with Crippen LogP contribution >= 0.6 is 15.9 Å². The van der Waals surface area contributed by atoms with E-state index in [0.717, 1.165) is 6.42 Å². The van der Waals surface area contributed by atoms with E-state index >= 15 is 0 Å². The Morgan fingerprint density at radius 2 is 2.12 bits per heavy atom. The van der Waals surface area contributed by atoms with E-state index in [1.165, 1.54) is 12.1 Å². The Kier molecular flexibility index (Phi) is 6.62. The molecule has 0 aliphatic carbocycles. The van der Waals surface area contributed by atoms with Crippen LogP contribution in [0.25, 0.3) is 0 Å². The minimum absolute atomic E-state index is 0.0655. The Bertz CT molecular complexity index is 361. The van der Waals surface area contributed by atoms with E-state index in [0.29, 0.717) is 19.8 Å². The smallest absolute Gasteiger partial charge is 0.144 e. The van der Waals surface area contributed by atoms with Crippen LogP contribution in [0, 0.1) is 11.6 Å². The third-order valence-electron chi connectivity index (χ3n) is 2.29. The van der Waals surface area contributed by atoms with E-state index in [1.807, 2.05) is 6.92 Å². The second-order valence-corrected chi connectivity index (χ2v) is 4.40. The van der Waals surface area contributed by atoms with Gasteiger partial charge in [-0.15, -0.1) is 0 Å². The second kappa shape index (κ2) is 7.74. The highest BCUT2D eigenvalue weighted by Gasteiger charge is 2.11. The topological polar surface area (TPSA) is 21.3 Å². The fourth-order valence-corrected chi connectivity index (χ4v) is 1.76. The Labute approximate surface area is 108 Å². The van der Waals surface area contributed by atoms with Gasteiger partial charge in [0.2, 0.25) is 0 Å². The predicted molar refractivity (Wildman–Crippen MR) is 66.9 cm³/mol. The van der Waals surface area contributed by atoms with Crippen molar-refractivity contribution >= 4 is 15.9 Å². The monoisotopic (exact) mass is 307 g/mol. The van der Waals surface area contributed by atoms with Crippen LogP contribution in [0.5, 0.6) is 0 Å². The molecule has 5 heteroatoms. The summed E-state index contributed by atoms with van der Waals surface area (Å²) < 4.78 is 32.3. The van der Waals surface area contributed by atoms with E-state index in [4.69, 9.17) is 4.74 Å². The lowest BCUT2D eigenvalue weighted by Gasteiger charge is -2.08. The minimum atomic E-state index is -0.540. The lowest BCUT2D eigenvalue weighted by molar-refractivity contribution is 0.144. The van der Waals surface area contributed by atoms with Gasteiger partial charge in [0.25, 0.3) is 0 Å². The molecular weight excluding hydrogens is 292 g/mol. The van der Waals surface area contributed by atoms with Crippen LogP contribution in [0.3, 0.4) is 0 Å². The van der Waals surface area contributed by atoms with Crippen molar-refractivity contribution in [2.45, 2.75) is 19.9 Å². The number of nitrogens with one attached hydrogen (secondary N) is 1. The molecule has 0 bridgehead atoms. The molecule has 0 atom stereocenters. The minimum Gasteiger partial charge on any atom is -0.382 e. The molecule has 0 saturated heterocycles. The fourth-order valence-electron chi connectivity index (χ4n) is 1.39. The van der Waals surface area contributed by atoms with Crippen molar-refractivity contribution in [2.24, 2.45) is 0 Å². The van der Waals surface area contributed by atoms with E-state index < -0.39 is 11.6 Å². The first kappa shape index (κ1) is 14.5. The van der Waals surface area contributed by atoms with Crippen LogP contribution < -0.4 is 5.32 Å². The number of ether oxygens (including phenoxy) is 1. The third kappa shape index (κ3) is 4.69. The highest BCUT2D eigenvalue weighted by atomic mass is 79.9. The summed E-state index contributed by atoms with van der Waals surface area (Å²) in [6.07, 6.45) is 0.824. The molecule has 96 valence electrons. The molecule has 0 aliphatic rings. The van der Waals surface area contributed by atoms with Gasteiger partial charge < -0.3 is 10.1 Å². The highest BCUT2D eigenvalue weighted by molar-refractivity contribution is 9.10. The van der Waals surface area contributed by atoms with Gasteiger partial charge in [0.05, 0.1) is 4.47 Å². The molecule has 1 rings (SSSR count). The maximum absolute atomic E-state index is 13.5. The van der Waals surface area contributed by atoms with Crippen molar-refractivity contribution < 1.29 is 13.5 Å². The molecular formula is C12H16BrF2NO. The number of hydrogen-bond donors (Lipinski definition) is 1. The van der Waals surface area contributed by atoms with Crippen molar-refractivity contribution in [3.63, 3.8) is 0 Å². The maximum atomic E-state index is 13.5. The van der Waals surface area contributed by atoms with Gasteiger partial charge in [-0.25, -0.2) is 8.78 Å².